The van der Waals surface area contributed by atoms with Crippen molar-refractivity contribution in [3.63, 3.8) is 0 Å². The zero-order chi connectivity index (χ0) is 11.7. The maximum absolute atomic E-state index is 10.6. The topological polar surface area (TPSA) is 48.4 Å². The van der Waals surface area contributed by atoms with E-state index >= 15 is 0 Å². The van der Waals surface area contributed by atoms with Crippen LogP contribution >= 0.6 is 11.3 Å². The Labute approximate surface area is 102 Å². The van der Waals surface area contributed by atoms with Gasteiger partial charge in [0.05, 0.1) is 4.88 Å². The summed E-state index contributed by atoms with van der Waals surface area (Å²) < 4.78 is 10.9. The number of rotatable bonds is 2. The van der Waals surface area contributed by atoms with E-state index in [1.807, 2.05) is 18.2 Å². The molecule has 17 heavy (non-hydrogen) atoms. The Morgan fingerprint density at radius 3 is 2.82 bits per heavy atom. The predicted molar refractivity (Wildman–Crippen MR) is 63.9 cm³/mol. The zero-order valence-electron chi connectivity index (χ0n) is 8.88. The summed E-state index contributed by atoms with van der Waals surface area (Å²) in [5.41, 5.74) is 0.937. The predicted octanol–water partition coefficient (Wildman–Crippen LogP) is 2.39. The maximum Gasteiger partial charge on any atom is 0.162 e. The summed E-state index contributed by atoms with van der Waals surface area (Å²) in [6.07, 6.45) is 2.38. The lowest BCUT2D eigenvalue weighted by Gasteiger charge is -2.18. The lowest BCUT2D eigenvalue weighted by Crippen LogP contribution is -2.15. The van der Waals surface area contributed by atoms with E-state index in [2.05, 4.69) is 4.98 Å². The van der Waals surface area contributed by atoms with Crippen LogP contribution in [0.25, 0.3) is 10.6 Å². The number of carbonyl (C=O) groups excluding carboxylic acids is 1. The first-order valence-corrected chi connectivity index (χ1v) is 5.99. The van der Waals surface area contributed by atoms with Crippen LogP contribution in [0.4, 0.5) is 0 Å². The fourth-order valence-corrected chi connectivity index (χ4v) is 2.38. The summed E-state index contributed by atoms with van der Waals surface area (Å²) in [5.74, 6) is 1.49. The average molecular weight is 247 g/mol. The van der Waals surface area contributed by atoms with E-state index in [9.17, 15) is 4.79 Å². The van der Waals surface area contributed by atoms with Gasteiger partial charge < -0.3 is 9.47 Å². The van der Waals surface area contributed by atoms with Crippen LogP contribution in [0.5, 0.6) is 11.5 Å². The molecule has 2 aromatic rings. The third-order valence-electron chi connectivity index (χ3n) is 2.43. The van der Waals surface area contributed by atoms with Gasteiger partial charge in [-0.25, -0.2) is 4.98 Å². The molecule has 1 aliphatic heterocycles. The summed E-state index contributed by atoms with van der Waals surface area (Å²) in [4.78, 5) is 15.4. The molecule has 0 saturated carbocycles. The lowest BCUT2D eigenvalue weighted by molar-refractivity contribution is 0.112. The summed E-state index contributed by atoms with van der Waals surface area (Å²) >= 11 is 1.36. The normalized spacial score (nSPS) is 13.4. The first kappa shape index (κ1) is 10.3. The van der Waals surface area contributed by atoms with E-state index in [1.165, 1.54) is 11.3 Å². The number of ether oxygens (including phenoxy) is 2. The third-order valence-corrected chi connectivity index (χ3v) is 3.40. The molecule has 0 radical (unpaired) electrons. The molecule has 0 atom stereocenters. The molecule has 2 heterocycles. The Balaban J connectivity index is 2.00. The van der Waals surface area contributed by atoms with Gasteiger partial charge in [-0.2, -0.15) is 0 Å². The molecule has 0 aliphatic carbocycles. The van der Waals surface area contributed by atoms with Gasteiger partial charge in [-0.05, 0) is 18.2 Å². The summed E-state index contributed by atoms with van der Waals surface area (Å²) in [6.45, 7) is 1.15. The SMILES string of the molecule is O=Cc1cnc(-c2ccc3c(c2)OCCO3)s1. The molecule has 0 unspecified atom stereocenters. The molecular formula is C12H9NO3S. The standard InChI is InChI=1S/C12H9NO3S/c14-7-9-6-13-12(17-9)8-1-2-10-11(5-8)16-4-3-15-10/h1-2,5-7H,3-4H2. The van der Waals surface area contributed by atoms with Crippen molar-refractivity contribution in [3.05, 3.63) is 29.3 Å². The maximum atomic E-state index is 10.6. The van der Waals surface area contributed by atoms with Gasteiger partial charge in [-0.15, -0.1) is 11.3 Å². The largest absolute Gasteiger partial charge is 0.486 e. The minimum absolute atomic E-state index is 0.563. The summed E-state index contributed by atoms with van der Waals surface area (Å²) in [6, 6.07) is 5.68. The van der Waals surface area contributed by atoms with Crippen LogP contribution in [0.2, 0.25) is 0 Å². The van der Waals surface area contributed by atoms with E-state index < -0.39 is 0 Å². The van der Waals surface area contributed by atoms with Gasteiger partial charge in [-0.3, -0.25) is 4.79 Å². The van der Waals surface area contributed by atoms with Gasteiger partial charge in [0.1, 0.15) is 18.2 Å². The molecule has 4 nitrogen and oxygen atoms in total. The van der Waals surface area contributed by atoms with Crippen LogP contribution in [0.1, 0.15) is 9.67 Å². The number of nitrogens with zero attached hydrogens (tertiary/aromatic N) is 1. The molecule has 1 aliphatic rings. The van der Waals surface area contributed by atoms with Crippen molar-refractivity contribution in [2.75, 3.05) is 13.2 Å². The Hall–Kier alpha value is -1.88. The molecule has 0 bridgehead atoms. The molecule has 5 heteroatoms. The van der Waals surface area contributed by atoms with E-state index in [1.54, 1.807) is 6.20 Å². The third kappa shape index (κ3) is 1.89. The fraction of sp³-hybridized carbons (Fsp3) is 0.167. The second-order valence-corrected chi connectivity index (χ2v) is 4.61. The Bertz CT molecular complexity index is 565. The number of benzene rings is 1. The second-order valence-electron chi connectivity index (χ2n) is 3.54. The number of fused-ring (bicyclic) bond motifs is 1. The van der Waals surface area contributed by atoms with Crippen molar-refractivity contribution >= 4 is 17.6 Å². The first-order chi connectivity index (χ1) is 8.36. The summed E-state index contributed by atoms with van der Waals surface area (Å²) in [5, 5.41) is 0.809. The van der Waals surface area contributed by atoms with E-state index in [4.69, 9.17) is 9.47 Å². The average Bonchev–Trinajstić information content (AvgIpc) is 2.87. The highest BCUT2D eigenvalue weighted by Crippen LogP contribution is 2.35. The molecular weight excluding hydrogens is 238 g/mol. The highest BCUT2D eigenvalue weighted by Gasteiger charge is 2.13. The molecule has 3 rings (SSSR count). The van der Waals surface area contributed by atoms with Crippen molar-refractivity contribution in [1.29, 1.82) is 0 Å². The number of carbonyl (C=O) groups is 1. The molecule has 0 spiro atoms. The van der Waals surface area contributed by atoms with Gasteiger partial charge in [-0.1, -0.05) is 0 Å². The van der Waals surface area contributed by atoms with Crippen LogP contribution in [-0.2, 0) is 0 Å². The lowest BCUT2D eigenvalue weighted by atomic mass is 10.2. The quantitative estimate of drug-likeness (QED) is 0.764. The van der Waals surface area contributed by atoms with Crippen molar-refractivity contribution in [3.8, 4) is 22.1 Å². The minimum Gasteiger partial charge on any atom is -0.486 e. The Morgan fingerprint density at radius 2 is 2.06 bits per heavy atom. The molecule has 0 N–H and O–H groups in total. The smallest absolute Gasteiger partial charge is 0.162 e. The number of hydrogen-bond donors (Lipinski definition) is 0. The van der Waals surface area contributed by atoms with Gasteiger partial charge in [0.2, 0.25) is 0 Å². The molecule has 1 aromatic carbocycles. The monoisotopic (exact) mass is 247 g/mol. The van der Waals surface area contributed by atoms with Crippen LogP contribution in [-0.4, -0.2) is 24.5 Å². The van der Waals surface area contributed by atoms with Crippen molar-refractivity contribution in [2.45, 2.75) is 0 Å². The van der Waals surface area contributed by atoms with Crippen molar-refractivity contribution < 1.29 is 14.3 Å². The molecule has 0 saturated heterocycles. The van der Waals surface area contributed by atoms with Gasteiger partial charge in [0, 0.05) is 11.8 Å². The van der Waals surface area contributed by atoms with Crippen LogP contribution in [0.3, 0.4) is 0 Å². The Kier molecular flexibility index (Phi) is 2.53. The zero-order valence-corrected chi connectivity index (χ0v) is 9.70. The highest BCUT2D eigenvalue weighted by atomic mass is 32.1. The van der Waals surface area contributed by atoms with E-state index in [0.717, 1.165) is 28.4 Å². The van der Waals surface area contributed by atoms with Crippen LogP contribution < -0.4 is 9.47 Å². The van der Waals surface area contributed by atoms with E-state index in [-0.39, 0.29) is 0 Å². The summed E-state index contributed by atoms with van der Waals surface area (Å²) in [7, 11) is 0. The molecule has 86 valence electrons. The van der Waals surface area contributed by atoms with Crippen LogP contribution in [0, 0.1) is 0 Å². The van der Waals surface area contributed by atoms with E-state index in [0.29, 0.717) is 18.1 Å². The molecule has 0 fully saturated rings. The van der Waals surface area contributed by atoms with Crippen molar-refractivity contribution in [2.24, 2.45) is 0 Å². The van der Waals surface area contributed by atoms with Gasteiger partial charge in [0.15, 0.2) is 17.8 Å². The highest BCUT2D eigenvalue weighted by molar-refractivity contribution is 7.16. The minimum atomic E-state index is 0.563. The number of thiazole rings is 1. The van der Waals surface area contributed by atoms with Gasteiger partial charge >= 0.3 is 0 Å². The second kappa shape index (κ2) is 4.18. The number of hydrogen-bond acceptors (Lipinski definition) is 5. The first-order valence-electron chi connectivity index (χ1n) is 5.18. The number of aromatic nitrogens is 1. The Morgan fingerprint density at radius 1 is 1.24 bits per heavy atom. The van der Waals surface area contributed by atoms with Crippen LogP contribution in [0.15, 0.2) is 24.4 Å². The fourth-order valence-electron chi connectivity index (χ4n) is 1.65. The molecule has 0 amide bonds. The van der Waals surface area contributed by atoms with Gasteiger partial charge in [0.25, 0.3) is 0 Å². The molecule has 1 aromatic heterocycles. The number of aldehydes is 1. The van der Waals surface area contributed by atoms with Crippen molar-refractivity contribution in [1.82, 2.24) is 4.98 Å².